The van der Waals surface area contributed by atoms with E-state index in [2.05, 4.69) is 13.8 Å². The molecule has 1 nitrogen and oxygen atoms in total. The molecule has 0 amide bonds. The molecular weight excluding hydrogens is 191 g/mol. The van der Waals surface area contributed by atoms with Gasteiger partial charge in [-0.05, 0) is 42.5 Å². The summed E-state index contributed by atoms with van der Waals surface area (Å²) in [6.07, 6.45) is 1.18. The number of aliphatic hydroxyl groups excluding tert-OH is 1. The van der Waals surface area contributed by atoms with E-state index < -0.39 is 6.10 Å². The summed E-state index contributed by atoms with van der Waals surface area (Å²) in [7, 11) is 0. The Hall–Kier alpha value is -0.890. The number of rotatable bonds is 4. The molecule has 0 aliphatic rings. The Balaban J connectivity index is 2.80. The molecule has 0 radical (unpaired) electrons. The molecule has 15 heavy (non-hydrogen) atoms. The van der Waals surface area contributed by atoms with Gasteiger partial charge in [0.05, 0.1) is 6.10 Å². The molecule has 0 spiro atoms. The van der Waals surface area contributed by atoms with Crippen LogP contribution in [0, 0.1) is 18.7 Å². The van der Waals surface area contributed by atoms with Crippen LogP contribution in [0.1, 0.15) is 43.9 Å². The predicted molar refractivity (Wildman–Crippen MR) is 60.2 cm³/mol. The number of halogens is 1. The van der Waals surface area contributed by atoms with E-state index in [1.807, 2.05) is 6.92 Å². The molecule has 0 saturated carbocycles. The summed E-state index contributed by atoms with van der Waals surface area (Å²) in [4.78, 5) is 0. The second-order valence-electron chi connectivity index (χ2n) is 4.27. The molecule has 0 aliphatic heterocycles. The molecule has 0 saturated heterocycles. The number of hydrogen-bond donors (Lipinski definition) is 1. The van der Waals surface area contributed by atoms with Crippen molar-refractivity contribution in [1.82, 2.24) is 0 Å². The molecule has 0 aromatic heterocycles. The largest absolute Gasteiger partial charge is 0.388 e. The van der Waals surface area contributed by atoms with Crippen LogP contribution in [-0.4, -0.2) is 5.11 Å². The maximum Gasteiger partial charge on any atom is 0.123 e. The zero-order valence-corrected chi connectivity index (χ0v) is 9.63. The fraction of sp³-hybridized carbons (Fsp3) is 0.538. The Labute approximate surface area is 90.9 Å². The molecule has 1 rings (SSSR count). The van der Waals surface area contributed by atoms with Gasteiger partial charge in [-0.2, -0.15) is 0 Å². The van der Waals surface area contributed by atoms with Gasteiger partial charge in [0.1, 0.15) is 5.82 Å². The highest BCUT2D eigenvalue weighted by atomic mass is 19.1. The van der Waals surface area contributed by atoms with Gasteiger partial charge in [-0.25, -0.2) is 4.39 Å². The van der Waals surface area contributed by atoms with Crippen LogP contribution in [0.2, 0.25) is 0 Å². The number of aliphatic hydroxyl groups is 1. The first-order valence-electron chi connectivity index (χ1n) is 5.48. The minimum Gasteiger partial charge on any atom is -0.388 e. The molecule has 2 atom stereocenters. The van der Waals surface area contributed by atoms with Gasteiger partial charge in [0, 0.05) is 0 Å². The second kappa shape index (κ2) is 5.26. The van der Waals surface area contributed by atoms with Gasteiger partial charge in [-0.3, -0.25) is 0 Å². The lowest BCUT2D eigenvalue weighted by Crippen LogP contribution is -2.05. The first kappa shape index (κ1) is 12.2. The van der Waals surface area contributed by atoms with E-state index in [-0.39, 0.29) is 5.82 Å². The monoisotopic (exact) mass is 210 g/mol. The minimum absolute atomic E-state index is 0.279. The van der Waals surface area contributed by atoms with Gasteiger partial charge in [0.2, 0.25) is 0 Å². The summed E-state index contributed by atoms with van der Waals surface area (Å²) in [5.74, 6) is 0.182. The van der Waals surface area contributed by atoms with Gasteiger partial charge in [0.15, 0.2) is 0 Å². The highest BCUT2D eigenvalue weighted by molar-refractivity contribution is 5.28. The SMILES string of the molecule is CCC(C)CC(O)c1cc(F)ccc1C. The third kappa shape index (κ3) is 3.31. The van der Waals surface area contributed by atoms with Crippen molar-refractivity contribution in [2.75, 3.05) is 0 Å². The van der Waals surface area contributed by atoms with Gasteiger partial charge in [0.25, 0.3) is 0 Å². The lowest BCUT2D eigenvalue weighted by atomic mass is 9.94. The Kier molecular flexibility index (Phi) is 4.28. The van der Waals surface area contributed by atoms with Gasteiger partial charge in [-0.1, -0.05) is 26.3 Å². The van der Waals surface area contributed by atoms with Crippen LogP contribution in [0.4, 0.5) is 4.39 Å². The van der Waals surface area contributed by atoms with Crippen molar-refractivity contribution >= 4 is 0 Å². The number of hydrogen-bond acceptors (Lipinski definition) is 1. The number of aryl methyl sites for hydroxylation is 1. The van der Waals surface area contributed by atoms with E-state index in [0.717, 1.165) is 17.5 Å². The van der Waals surface area contributed by atoms with Gasteiger partial charge < -0.3 is 5.11 Å². The van der Waals surface area contributed by atoms with E-state index in [1.165, 1.54) is 12.1 Å². The summed E-state index contributed by atoms with van der Waals surface area (Å²) >= 11 is 0. The molecule has 1 N–H and O–H groups in total. The second-order valence-corrected chi connectivity index (χ2v) is 4.27. The maximum absolute atomic E-state index is 13.0. The lowest BCUT2D eigenvalue weighted by Gasteiger charge is -2.17. The van der Waals surface area contributed by atoms with E-state index in [1.54, 1.807) is 6.07 Å². The summed E-state index contributed by atoms with van der Waals surface area (Å²) in [5, 5.41) is 9.96. The smallest absolute Gasteiger partial charge is 0.123 e. The van der Waals surface area contributed by atoms with Crippen molar-refractivity contribution in [2.24, 2.45) is 5.92 Å². The zero-order chi connectivity index (χ0) is 11.4. The minimum atomic E-state index is -0.546. The summed E-state index contributed by atoms with van der Waals surface area (Å²) in [6, 6.07) is 4.57. The quantitative estimate of drug-likeness (QED) is 0.805. The maximum atomic E-state index is 13.0. The van der Waals surface area contributed by atoms with Crippen LogP contribution in [0.3, 0.4) is 0 Å². The van der Waals surface area contributed by atoms with E-state index in [0.29, 0.717) is 12.3 Å². The van der Waals surface area contributed by atoms with Crippen molar-refractivity contribution < 1.29 is 9.50 Å². The van der Waals surface area contributed by atoms with Crippen LogP contribution in [-0.2, 0) is 0 Å². The van der Waals surface area contributed by atoms with Crippen molar-refractivity contribution in [1.29, 1.82) is 0 Å². The molecule has 0 bridgehead atoms. The third-order valence-electron chi connectivity index (χ3n) is 2.92. The molecule has 1 aromatic rings. The Bertz CT molecular complexity index is 322. The van der Waals surface area contributed by atoms with Crippen molar-refractivity contribution in [3.05, 3.63) is 35.1 Å². The van der Waals surface area contributed by atoms with E-state index in [9.17, 15) is 9.50 Å². The lowest BCUT2D eigenvalue weighted by molar-refractivity contribution is 0.145. The topological polar surface area (TPSA) is 20.2 Å². The van der Waals surface area contributed by atoms with Crippen LogP contribution >= 0.6 is 0 Å². The zero-order valence-electron chi connectivity index (χ0n) is 9.63. The summed E-state index contributed by atoms with van der Waals surface area (Å²) < 4.78 is 13.0. The third-order valence-corrected chi connectivity index (χ3v) is 2.92. The molecule has 2 heteroatoms. The molecule has 0 aliphatic carbocycles. The summed E-state index contributed by atoms with van der Waals surface area (Å²) in [5.41, 5.74) is 1.67. The highest BCUT2D eigenvalue weighted by Gasteiger charge is 2.14. The Morgan fingerprint density at radius 1 is 1.40 bits per heavy atom. The molecule has 2 unspecified atom stereocenters. The normalized spacial score (nSPS) is 15.0. The first-order chi connectivity index (χ1) is 7.04. The average Bonchev–Trinajstić information content (AvgIpc) is 2.21. The van der Waals surface area contributed by atoms with Gasteiger partial charge in [-0.15, -0.1) is 0 Å². The summed E-state index contributed by atoms with van der Waals surface area (Å²) in [6.45, 7) is 6.09. The van der Waals surface area contributed by atoms with Crippen LogP contribution in [0.15, 0.2) is 18.2 Å². The molecular formula is C13H19FO. The molecule has 84 valence electrons. The van der Waals surface area contributed by atoms with Crippen LogP contribution in [0.5, 0.6) is 0 Å². The fourth-order valence-corrected chi connectivity index (χ4v) is 1.65. The molecule has 1 aromatic carbocycles. The Morgan fingerprint density at radius 2 is 2.07 bits per heavy atom. The van der Waals surface area contributed by atoms with E-state index in [4.69, 9.17) is 0 Å². The molecule has 0 fully saturated rings. The highest BCUT2D eigenvalue weighted by Crippen LogP contribution is 2.25. The van der Waals surface area contributed by atoms with Crippen LogP contribution < -0.4 is 0 Å². The van der Waals surface area contributed by atoms with Crippen molar-refractivity contribution in [3.63, 3.8) is 0 Å². The van der Waals surface area contributed by atoms with E-state index >= 15 is 0 Å². The number of benzene rings is 1. The van der Waals surface area contributed by atoms with Crippen LogP contribution in [0.25, 0.3) is 0 Å². The van der Waals surface area contributed by atoms with Crippen molar-refractivity contribution in [2.45, 2.75) is 39.7 Å². The Morgan fingerprint density at radius 3 is 2.67 bits per heavy atom. The standard InChI is InChI=1S/C13H19FO/c1-4-9(2)7-13(15)12-8-11(14)6-5-10(12)3/h5-6,8-9,13,15H,4,7H2,1-3H3. The molecule has 0 heterocycles. The van der Waals surface area contributed by atoms with Gasteiger partial charge >= 0.3 is 0 Å². The predicted octanol–water partition coefficient (Wildman–Crippen LogP) is 3.60. The first-order valence-corrected chi connectivity index (χ1v) is 5.48. The average molecular weight is 210 g/mol. The fourth-order valence-electron chi connectivity index (χ4n) is 1.65. The van der Waals surface area contributed by atoms with Crippen molar-refractivity contribution in [3.8, 4) is 0 Å².